The average Bonchev–Trinajstić information content (AvgIpc) is 2.32. The molecule has 2 aromatic rings. The summed E-state index contributed by atoms with van der Waals surface area (Å²) in [4.78, 5) is 10.8. The van der Waals surface area contributed by atoms with Crippen LogP contribution in [0.2, 0.25) is 0 Å². The Balaban J connectivity index is 0.00000162. The fourth-order valence-corrected chi connectivity index (χ4v) is 1.43. The molecule has 0 aliphatic carbocycles. The van der Waals surface area contributed by atoms with Gasteiger partial charge < -0.3 is 10.1 Å². The van der Waals surface area contributed by atoms with Gasteiger partial charge in [-0.1, -0.05) is 18.2 Å². The van der Waals surface area contributed by atoms with E-state index in [1.807, 2.05) is 42.5 Å². The topological polar surface area (TPSA) is 38.3 Å². The molecule has 0 saturated heterocycles. The SMILES string of the molecule is CC(=O)Nc1ccc(Oc2ccccc2)cc1.Cl. The third-order valence-corrected chi connectivity index (χ3v) is 2.15. The Labute approximate surface area is 112 Å². The van der Waals surface area contributed by atoms with Gasteiger partial charge in [0, 0.05) is 12.6 Å². The second-order valence-electron chi connectivity index (χ2n) is 3.62. The number of rotatable bonds is 3. The van der Waals surface area contributed by atoms with Crippen molar-refractivity contribution in [3.8, 4) is 11.5 Å². The fourth-order valence-electron chi connectivity index (χ4n) is 1.43. The molecule has 0 aliphatic heterocycles. The lowest BCUT2D eigenvalue weighted by Crippen LogP contribution is -2.05. The van der Waals surface area contributed by atoms with Crippen molar-refractivity contribution in [2.24, 2.45) is 0 Å². The maximum Gasteiger partial charge on any atom is 0.221 e. The van der Waals surface area contributed by atoms with Crippen LogP contribution in [0, 0.1) is 0 Å². The third kappa shape index (κ3) is 4.11. The maximum atomic E-state index is 10.8. The number of para-hydroxylation sites is 1. The van der Waals surface area contributed by atoms with Gasteiger partial charge >= 0.3 is 0 Å². The molecule has 2 aromatic carbocycles. The molecule has 0 spiro atoms. The standard InChI is InChI=1S/C14H13NO2.ClH/c1-11(16)15-12-7-9-14(10-8-12)17-13-5-3-2-4-6-13;/h2-10H,1H3,(H,15,16);1H. The molecule has 1 amide bonds. The lowest BCUT2D eigenvalue weighted by Gasteiger charge is -2.06. The molecule has 0 aliphatic rings. The zero-order valence-corrected chi connectivity index (χ0v) is 10.7. The molecular weight excluding hydrogens is 250 g/mol. The van der Waals surface area contributed by atoms with Crippen LogP contribution in [-0.4, -0.2) is 5.91 Å². The summed E-state index contributed by atoms with van der Waals surface area (Å²) in [5.74, 6) is 1.45. The van der Waals surface area contributed by atoms with Gasteiger partial charge in [-0.05, 0) is 36.4 Å². The van der Waals surface area contributed by atoms with E-state index in [1.54, 1.807) is 12.1 Å². The lowest BCUT2D eigenvalue weighted by atomic mass is 10.3. The van der Waals surface area contributed by atoms with E-state index in [0.29, 0.717) is 0 Å². The number of amides is 1. The number of hydrogen-bond donors (Lipinski definition) is 1. The number of benzene rings is 2. The molecule has 0 bridgehead atoms. The van der Waals surface area contributed by atoms with Crippen LogP contribution in [0.15, 0.2) is 54.6 Å². The van der Waals surface area contributed by atoms with Crippen molar-refractivity contribution in [2.75, 3.05) is 5.32 Å². The van der Waals surface area contributed by atoms with E-state index < -0.39 is 0 Å². The Hall–Kier alpha value is -2.00. The van der Waals surface area contributed by atoms with Gasteiger partial charge in [0.05, 0.1) is 0 Å². The highest BCUT2D eigenvalue weighted by atomic mass is 35.5. The van der Waals surface area contributed by atoms with Gasteiger partial charge in [-0.25, -0.2) is 0 Å². The predicted octanol–water partition coefficient (Wildman–Crippen LogP) is 3.86. The van der Waals surface area contributed by atoms with Crippen molar-refractivity contribution >= 4 is 24.0 Å². The maximum absolute atomic E-state index is 10.8. The van der Waals surface area contributed by atoms with E-state index in [2.05, 4.69) is 5.32 Å². The number of anilines is 1. The number of carbonyl (C=O) groups excluding carboxylic acids is 1. The zero-order valence-electron chi connectivity index (χ0n) is 9.92. The van der Waals surface area contributed by atoms with Crippen LogP contribution < -0.4 is 10.1 Å². The Morgan fingerprint density at radius 3 is 2.06 bits per heavy atom. The molecule has 94 valence electrons. The predicted molar refractivity (Wildman–Crippen MR) is 74.5 cm³/mol. The molecule has 0 radical (unpaired) electrons. The smallest absolute Gasteiger partial charge is 0.221 e. The molecule has 0 saturated carbocycles. The lowest BCUT2D eigenvalue weighted by molar-refractivity contribution is -0.114. The number of nitrogens with one attached hydrogen (secondary N) is 1. The van der Waals surface area contributed by atoms with Gasteiger partial charge in [0.2, 0.25) is 5.91 Å². The zero-order chi connectivity index (χ0) is 12.1. The molecule has 18 heavy (non-hydrogen) atoms. The molecule has 0 unspecified atom stereocenters. The molecule has 0 atom stereocenters. The molecule has 4 heteroatoms. The van der Waals surface area contributed by atoms with Crippen molar-refractivity contribution in [1.29, 1.82) is 0 Å². The molecule has 0 fully saturated rings. The molecule has 0 aromatic heterocycles. The summed E-state index contributed by atoms with van der Waals surface area (Å²) in [5.41, 5.74) is 0.762. The average molecular weight is 264 g/mol. The summed E-state index contributed by atoms with van der Waals surface area (Å²) in [5, 5.41) is 2.70. The van der Waals surface area contributed by atoms with Crippen LogP contribution in [0.4, 0.5) is 5.69 Å². The minimum absolute atomic E-state index is 0. The molecule has 2 rings (SSSR count). The number of carbonyl (C=O) groups is 1. The molecule has 3 nitrogen and oxygen atoms in total. The Morgan fingerprint density at radius 2 is 1.50 bits per heavy atom. The highest BCUT2D eigenvalue weighted by Crippen LogP contribution is 2.22. The first-order valence-electron chi connectivity index (χ1n) is 5.34. The van der Waals surface area contributed by atoms with Gasteiger partial charge in [-0.2, -0.15) is 0 Å². The minimum Gasteiger partial charge on any atom is -0.457 e. The van der Waals surface area contributed by atoms with E-state index in [0.717, 1.165) is 17.2 Å². The van der Waals surface area contributed by atoms with Crippen molar-refractivity contribution < 1.29 is 9.53 Å². The first-order valence-corrected chi connectivity index (χ1v) is 5.34. The van der Waals surface area contributed by atoms with Crippen molar-refractivity contribution in [3.05, 3.63) is 54.6 Å². The van der Waals surface area contributed by atoms with E-state index in [1.165, 1.54) is 6.92 Å². The van der Waals surface area contributed by atoms with E-state index >= 15 is 0 Å². The van der Waals surface area contributed by atoms with Gasteiger partial charge in [0.25, 0.3) is 0 Å². The number of ether oxygens (including phenoxy) is 1. The fraction of sp³-hybridized carbons (Fsp3) is 0.0714. The van der Waals surface area contributed by atoms with Gasteiger partial charge in [0.15, 0.2) is 0 Å². The van der Waals surface area contributed by atoms with Crippen LogP contribution in [0.5, 0.6) is 11.5 Å². The van der Waals surface area contributed by atoms with E-state index in [-0.39, 0.29) is 18.3 Å². The first kappa shape index (κ1) is 14.1. The summed E-state index contributed by atoms with van der Waals surface area (Å²) in [6.07, 6.45) is 0. The monoisotopic (exact) mass is 263 g/mol. The third-order valence-electron chi connectivity index (χ3n) is 2.15. The summed E-state index contributed by atoms with van der Waals surface area (Å²) in [7, 11) is 0. The normalized spacial score (nSPS) is 9.17. The van der Waals surface area contributed by atoms with Crippen molar-refractivity contribution in [1.82, 2.24) is 0 Å². The largest absolute Gasteiger partial charge is 0.457 e. The second-order valence-corrected chi connectivity index (χ2v) is 3.62. The Kier molecular flexibility index (Phi) is 5.21. The van der Waals surface area contributed by atoms with Crippen LogP contribution in [0.1, 0.15) is 6.92 Å². The van der Waals surface area contributed by atoms with Crippen LogP contribution in [0.3, 0.4) is 0 Å². The van der Waals surface area contributed by atoms with Crippen molar-refractivity contribution in [3.63, 3.8) is 0 Å². The van der Waals surface area contributed by atoms with Crippen LogP contribution in [0.25, 0.3) is 0 Å². The summed E-state index contributed by atoms with van der Waals surface area (Å²) < 4.78 is 5.63. The van der Waals surface area contributed by atoms with Gasteiger partial charge in [-0.3, -0.25) is 4.79 Å². The minimum atomic E-state index is -0.0817. The number of halogens is 1. The van der Waals surface area contributed by atoms with E-state index in [9.17, 15) is 4.79 Å². The molecule has 0 heterocycles. The summed E-state index contributed by atoms with van der Waals surface area (Å²) in [6.45, 7) is 1.48. The first-order chi connectivity index (χ1) is 8.24. The van der Waals surface area contributed by atoms with E-state index in [4.69, 9.17) is 4.74 Å². The van der Waals surface area contributed by atoms with Crippen molar-refractivity contribution in [2.45, 2.75) is 6.92 Å². The van der Waals surface area contributed by atoms with Gasteiger partial charge in [-0.15, -0.1) is 12.4 Å². The van der Waals surface area contributed by atoms with Crippen LogP contribution >= 0.6 is 12.4 Å². The Morgan fingerprint density at radius 1 is 0.944 bits per heavy atom. The van der Waals surface area contributed by atoms with Gasteiger partial charge in [0.1, 0.15) is 11.5 Å². The molecular formula is C14H14ClNO2. The number of hydrogen-bond acceptors (Lipinski definition) is 2. The highest BCUT2D eigenvalue weighted by molar-refractivity contribution is 5.88. The quantitative estimate of drug-likeness (QED) is 0.913. The van der Waals surface area contributed by atoms with Crippen LogP contribution in [-0.2, 0) is 4.79 Å². The molecule has 1 N–H and O–H groups in total. The Bertz CT molecular complexity index is 497. The summed E-state index contributed by atoms with van der Waals surface area (Å²) in [6, 6.07) is 16.8. The highest BCUT2D eigenvalue weighted by Gasteiger charge is 1.98. The summed E-state index contributed by atoms with van der Waals surface area (Å²) >= 11 is 0. The second kappa shape index (κ2) is 6.67.